The molecule has 4 rings (SSSR count). The first-order valence-electron chi connectivity index (χ1n) is 9.57. The molecule has 1 heterocycles. The monoisotopic (exact) mass is 523 g/mol. The van der Waals surface area contributed by atoms with Gasteiger partial charge in [0.15, 0.2) is 5.82 Å². The summed E-state index contributed by atoms with van der Waals surface area (Å²) in [6.45, 7) is 0. The van der Waals surface area contributed by atoms with Crippen molar-refractivity contribution < 1.29 is 21.6 Å². The fraction of sp³-hybridized carbons (Fsp3) is 0.0435. The van der Waals surface area contributed by atoms with E-state index in [0.717, 1.165) is 6.07 Å². The van der Waals surface area contributed by atoms with E-state index in [1.165, 1.54) is 36.4 Å². The Kier molecular flexibility index (Phi) is 6.39. The second-order valence-electron chi connectivity index (χ2n) is 7.24. The van der Waals surface area contributed by atoms with Gasteiger partial charge in [-0.05, 0) is 53.6 Å². The summed E-state index contributed by atoms with van der Waals surface area (Å²) in [5, 5.41) is 5.67. The standard InChI is InChI=1S/C23H14Cl2F3N3O2S/c24-16-7-8-18(19(25)11-16)20-12-21(23(26,27)28)31-22(30-20)15-5-1-3-13(9-15)14-4-2-6-17(10-14)34(29,32)33/h1-12H,(H2,29,32,33). The number of aromatic nitrogens is 2. The van der Waals surface area contributed by atoms with Crippen LogP contribution in [0.1, 0.15) is 5.69 Å². The van der Waals surface area contributed by atoms with Crippen molar-refractivity contribution >= 4 is 33.2 Å². The van der Waals surface area contributed by atoms with Gasteiger partial charge in [0.2, 0.25) is 10.0 Å². The predicted molar refractivity (Wildman–Crippen MR) is 125 cm³/mol. The highest BCUT2D eigenvalue weighted by Crippen LogP contribution is 2.36. The third kappa shape index (κ3) is 5.23. The van der Waals surface area contributed by atoms with Crippen molar-refractivity contribution in [1.82, 2.24) is 9.97 Å². The summed E-state index contributed by atoms with van der Waals surface area (Å²) in [6.07, 6.45) is -4.73. The number of rotatable bonds is 4. The van der Waals surface area contributed by atoms with E-state index in [1.807, 2.05) is 0 Å². The number of sulfonamides is 1. The van der Waals surface area contributed by atoms with Crippen molar-refractivity contribution in [1.29, 1.82) is 0 Å². The zero-order valence-electron chi connectivity index (χ0n) is 17.0. The van der Waals surface area contributed by atoms with Gasteiger partial charge in [-0.15, -0.1) is 0 Å². The van der Waals surface area contributed by atoms with Crippen LogP contribution in [-0.2, 0) is 16.2 Å². The number of hydrogen-bond donors (Lipinski definition) is 1. The molecule has 0 radical (unpaired) electrons. The van der Waals surface area contributed by atoms with Gasteiger partial charge in [-0.25, -0.2) is 23.5 Å². The highest BCUT2D eigenvalue weighted by molar-refractivity contribution is 7.89. The van der Waals surface area contributed by atoms with Crippen LogP contribution in [0, 0.1) is 0 Å². The Morgan fingerprint density at radius 3 is 2.09 bits per heavy atom. The van der Waals surface area contributed by atoms with Crippen molar-refractivity contribution in [2.24, 2.45) is 5.14 Å². The highest BCUT2D eigenvalue weighted by atomic mass is 35.5. The molecule has 0 aliphatic carbocycles. The minimum absolute atomic E-state index is 0.0272. The van der Waals surface area contributed by atoms with Crippen LogP contribution in [0.4, 0.5) is 13.2 Å². The minimum atomic E-state index is -4.73. The zero-order valence-corrected chi connectivity index (χ0v) is 19.3. The van der Waals surface area contributed by atoms with Gasteiger partial charge >= 0.3 is 6.18 Å². The minimum Gasteiger partial charge on any atom is -0.228 e. The molecule has 0 bridgehead atoms. The van der Waals surface area contributed by atoms with Crippen LogP contribution in [0.2, 0.25) is 10.0 Å². The summed E-state index contributed by atoms with van der Waals surface area (Å²) >= 11 is 12.1. The van der Waals surface area contributed by atoms with Crippen LogP contribution >= 0.6 is 23.2 Å². The van der Waals surface area contributed by atoms with E-state index in [0.29, 0.717) is 16.1 Å². The summed E-state index contributed by atoms with van der Waals surface area (Å²) in [5.74, 6) is -0.180. The maximum absolute atomic E-state index is 13.6. The van der Waals surface area contributed by atoms with Gasteiger partial charge < -0.3 is 0 Å². The number of nitrogens with zero attached hydrogens (tertiary/aromatic N) is 2. The van der Waals surface area contributed by atoms with E-state index < -0.39 is 21.9 Å². The number of hydrogen-bond acceptors (Lipinski definition) is 4. The largest absolute Gasteiger partial charge is 0.433 e. The average molecular weight is 524 g/mol. The highest BCUT2D eigenvalue weighted by Gasteiger charge is 2.34. The van der Waals surface area contributed by atoms with Crippen molar-refractivity contribution in [2.75, 3.05) is 0 Å². The molecule has 0 aliphatic rings. The van der Waals surface area contributed by atoms with Gasteiger partial charge in [-0.1, -0.05) is 53.5 Å². The molecule has 3 aromatic carbocycles. The van der Waals surface area contributed by atoms with E-state index in [-0.39, 0.29) is 32.6 Å². The summed E-state index contributed by atoms with van der Waals surface area (Å²) < 4.78 is 64.3. The third-order valence-corrected chi connectivity index (χ3v) is 6.30. The molecule has 0 amide bonds. The van der Waals surface area contributed by atoms with Crippen LogP contribution in [0.25, 0.3) is 33.8 Å². The molecule has 11 heteroatoms. The lowest BCUT2D eigenvalue weighted by atomic mass is 10.0. The van der Waals surface area contributed by atoms with Gasteiger partial charge in [-0.2, -0.15) is 13.2 Å². The Morgan fingerprint density at radius 2 is 1.44 bits per heavy atom. The maximum Gasteiger partial charge on any atom is 0.433 e. The van der Waals surface area contributed by atoms with E-state index in [1.54, 1.807) is 30.3 Å². The molecule has 0 spiro atoms. The van der Waals surface area contributed by atoms with Crippen molar-refractivity contribution in [3.63, 3.8) is 0 Å². The normalized spacial score (nSPS) is 12.1. The Labute approximate surface area is 203 Å². The summed E-state index contributed by atoms with van der Waals surface area (Å²) in [5.41, 5.74) is 0.422. The number of alkyl halides is 3. The van der Waals surface area contributed by atoms with Gasteiger partial charge in [0, 0.05) is 16.1 Å². The molecule has 174 valence electrons. The maximum atomic E-state index is 13.6. The Balaban J connectivity index is 1.87. The molecule has 1 aromatic heterocycles. The van der Waals surface area contributed by atoms with E-state index in [4.69, 9.17) is 28.3 Å². The second-order valence-corrected chi connectivity index (χ2v) is 9.64. The van der Waals surface area contributed by atoms with E-state index in [9.17, 15) is 21.6 Å². The van der Waals surface area contributed by atoms with Crippen LogP contribution in [0.15, 0.2) is 77.7 Å². The number of nitrogens with two attached hydrogens (primary N) is 1. The molecule has 0 aliphatic heterocycles. The molecular weight excluding hydrogens is 510 g/mol. The predicted octanol–water partition coefficient (Wildman–Crippen LogP) is 6.45. The topological polar surface area (TPSA) is 85.9 Å². The molecule has 0 fully saturated rings. The van der Waals surface area contributed by atoms with Gasteiger partial charge in [0.1, 0.15) is 5.69 Å². The molecule has 0 saturated heterocycles. The Hall–Kier alpha value is -2.98. The molecule has 34 heavy (non-hydrogen) atoms. The lowest BCUT2D eigenvalue weighted by molar-refractivity contribution is -0.141. The molecule has 2 N–H and O–H groups in total. The first-order valence-corrected chi connectivity index (χ1v) is 11.9. The Morgan fingerprint density at radius 1 is 0.794 bits per heavy atom. The molecule has 0 saturated carbocycles. The SMILES string of the molecule is NS(=O)(=O)c1cccc(-c2cccc(-c3nc(-c4ccc(Cl)cc4Cl)cc(C(F)(F)F)n3)c2)c1. The van der Waals surface area contributed by atoms with Crippen molar-refractivity contribution in [3.05, 3.63) is 88.5 Å². The summed E-state index contributed by atoms with van der Waals surface area (Å²) in [6, 6.07) is 17.5. The zero-order chi connectivity index (χ0) is 24.7. The van der Waals surface area contributed by atoms with Crippen LogP contribution in [-0.4, -0.2) is 18.4 Å². The smallest absolute Gasteiger partial charge is 0.228 e. The number of halogens is 5. The molecule has 4 aromatic rings. The first-order chi connectivity index (χ1) is 15.9. The quantitative estimate of drug-likeness (QED) is 0.333. The average Bonchev–Trinajstić information content (AvgIpc) is 2.78. The van der Waals surface area contributed by atoms with Gasteiger partial charge in [0.05, 0.1) is 15.6 Å². The fourth-order valence-corrected chi connectivity index (χ4v) is 4.31. The van der Waals surface area contributed by atoms with Crippen LogP contribution < -0.4 is 5.14 Å². The van der Waals surface area contributed by atoms with Gasteiger partial charge in [-0.3, -0.25) is 0 Å². The number of benzene rings is 3. The molecular formula is C23H14Cl2F3N3O2S. The second kappa shape index (κ2) is 8.99. The van der Waals surface area contributed by atoms with Crippen LogP contribution in [0.5, 0.6) is 0 Å². The van der Waals surface area contributed by atoms with Gasteiger partial charge in [0.25, 0.3) is 0 Å². The van der Waals surface area contributed by atoms with Crippen LogP contribution in [0.3, 0.4) is 0 Å². The van der Waals surface area contributed by atoms with Crippen molar-refractivity contribution in [3.8, 4) is 33.8 Å². The molecule has 5 nitrogen and oxygen atoms in total. The lowest BCUT2D eigenvalue weighted by Crippen LogP contribution is -2.11. The third-order valence-electron chi connectivity index (χ3n) is 4.84. The van der Waals surface area contributed by atoms with Crippen molar-refractivity contribution in [2.45, 2.75) is 11.1 Å². The molecule has 0 atom stereocenters. The summed E-state index contributed by atoms with van der Waals surface area (Å²) in [7, 11) is -3.93. The summed E-state index contributed by atoms with van der Waals surface area (Å²) in [4.78, 5) is 7.94. The fourth-order valence-electron chi connectivity index (χ4n) is 3.25. The first kappa shape index (κ1) is 24.2. The number of primary sulfonamides is 1. The Bertz CT molecular complexity index is 1510. The van der Waals surface area contributed by atoms with E-state index in [2.05, 4.69) is 9.97 Å². The van der Waals surface area contributed by atoms with E-state index >= 15 is 0 Å². The molecule has 0 unspecified atom stereocenters. The lowest BCUT2D eigenvalue weighted by Gasteiger charge is -2.13.